The summed E-state index contributed by atoms with van der Waals surface area (Å²) < 4.78 is 16.9. The van der Waals surface area contributed by atoms with Crippen molar-refractivity contribution in [3.8, 4) is 0 Å². The molecule has 0 rings (SSSR count). The summed E-state index contributed by atoms with van der Waals surface area (Å²) in [5, 5.41) is 0. The van der Waals surface area contributed by atoms with E-state index in [-0.39, 0.29) is 31.1 Å². The van der Waals surface area contributed by atoms with Crippen LogP contribution < -0.4 is 0 Å². The third kappa shape index (κ3) is 54.3. The molecule has 0 spiro atoms. The summed E-state index contributed by atoms with van der Waals surface area (Å²) in [6.07, 6.45) is 69.7. The molecule has 0 aromatic carbocycles. The molecule has 0 aliphatic heterocycles. The Bertz CT molecular complexity index is 1190. The van der Waals surface area contributed by atoms with Crippen LogP contribution in [0.25, 0.3) is 0 Å². The molecule has 0 N–H and O–H groups in total. The van der Waals surface area contributed by atoms with E-state index >= 15 is 0 Å². The molecule has 0 heterocycles. The first-order valence-corrected chi connectivity index (χ1v) is 29.6. The van der Waals surface area contributed by atoms with Crippen molar-refractivity contribution in [1.82, 2.24) is 0 Å². The highest BCUT2D eigenvalue weighted by Gasteiger charge is 2.19. The third-order valence-corrected chi connectivity index (χ3v) is 13.0. The number of carbonyl (C=O) groups is 3. The van der Waals surface area contributed by atoms with Crippen LogP contribution in [0.1, 0.15) is 310 Å². The van der Waals surface area contributed by atoms with E-state index in [2.05, 4.69) is 69.4 Å². The van der Waals surface area contributed by atoms with Gasteiger partial charge in [0.05, 0.1) is 0 Å². The Balaban J connectivity index is 4.27. The van der Waals surface area contributed by atoms with E-state index in [0.717, 1.165) is 77.0 Å². The summed E-state index contributed by atoms with van der Waals surface area (Å²) in [5.74, 6) is -0.881. The third-order valence-electron chi connectivity index (χ3n) is 13.0. The summed E-state index contributed by atoms with van der Waals surface area (Å²) in [6, 6.07) is 0. The monoisotopic (exact) mass is 953 g/mol. The molecule has 0 aliphatic rings. The van der Waals surface area contributed by atoms with Crippen molar-refractivity contribution in [1.29, 1.82) is 0 Å². The molecular weight excluding hydrogens is 841 g/mol. The van der Waals surface area contributed by atoms with Crippen LogP contribution in [0.5, 0.6) is 0 Å². The van der Waals surface area contributed by atoms with Gasteiger partial charge in [-0.05, 0) is 96.3 Å². The van der Waals surface area contributed by atoms with E-state index in [1.54, 1.807) is 0 Å². The topological polar surface area (TPSA) is 78.9 Å². The summed E-state index contributed by atoms with van der Waals surface area (Å²) in [7, 11) is 0. The number of rotatable bonds is 54. The Morgan fingerprint density at radius 3 is 0.882 bits per heavy atom. The molecule has 0 fully saturated rings. The smallest absolute Gasteiger partial charge is 0.306 e. The van der Waals surface area contributed by atoms with E-state index < -0.39 is 6.10 Å². The first-order chi connectivity index (χ1) is 33.5. The Morgan fingerprint density at radius 1 is 0.294 bits per heavy atom. The predicted molar refractivity (Wildman–Crippen MR) is 293 cm³/mol. The second-order valence-electron chi connectivity index (χ2n) is 19.9. The molecule has 1 unspecified atom stereocenters. The van der Waals surface area contributed by atoms with Crippen molar-refractivity contribution < 1.29 is 28.6 Å². The van der Waals surface area contributed by atoms with Gasteiger partial charge in [0.1, 0.15) is 13.2 Å². The minimum atomic E-state index is -0.778. The lowest BCUT2D eigenvalue weighted by atomic mass is 10.1. The molecule has 0 radical (unpaired) electrons. The highest BCUT2D eigenvalue weighted by molar-refractivity contribution is 5.71. The fourth-order valence-electron chi connectivity index (χ4n) is 8.53. The molecule has 0 aromatic heterocycles. The van der Waals surface area contributed by atoms with Crippen molar-refractivity contribution in [3.63, 3.8) is 0 Å². The lowest BCUT2D eigenvalue weighted by Gasteiger charge is -2.18. The number of hydrogen-bond donors (Lipinski definition) is 0. The predicted octanol–water partition coefficient (Wildman–Crippen LogP) is 19.8. The molecular formula is C62H112O6. The maximum atomic E-state index is 12.9. The van der Waals surface area contributed by atoms with Gasteiger partial charge < -0.3 is 14.2 Å². The summed E-state index contributed by atoms with van der Waals surface area (Å²) >= 11 is 0. The lowest BCUT2D eigenvalue weighted by Crippen LogP contribution is -2.30. The normalized spacial score (nSPS) is 12.3. The number of unbranched alkanes of at least 4 members (excludes halogenated alkanes) is 35. The zero-order valence-electron chi connectivity index (χ0n) is 45.4. The van der Waals surface area contributed by atoms with Crippen LogP contribution in [0.15, 0.2) is 48.6 Å². The molecule has 0 saturated heterocycles. The Morgan fingerprint density at radius 2 is 0.559 bits per heavy atom. The minimum absolute atomic E-state index is 0.0773. The molecule has 6 nitrogen and oxygen atoms in total. The molecule has 6 heteroatoms. The maximum absolute atomic E-state index is 12.9. The number of esters is 3. The van der Waals surface area contributed by atoms with Gasteiger partial charge in [0.25, 0.3) is 0 Å². The second-order valence-corrected chi connectivity index (χ2v) is 19.9. The Hall–Kier alpha value is -2.63. The van der Waals surface area contributed by atoms with E-state index in [1.807, 2.05) is 0 Å². The van der Waals surface area contributed by atoms with Crippen molar-refractivity contribution in [2.45, 2.75) is 316 Å². The zero-order chi connectivity index (χ0) is 49.3. The number of hydrogen-bond acceptors (Lipinski definition) is 6. The van der Waals surface area contributed by atoms with Crippen molar-refractivity contribution in [3.05, 3.63) is 48.6 Å². The van der Waals surface area contributed by atoms with Gasteiger partial charge in [-0.25, -0.2) is 0 Å². The fourth-order valence-corrected chi connectivity index (χ4v) is 8.53. The molecule has 0 aliphatic carbocycles. The van der Waals surface area contributed by atoms with Gasteiger partial charge in [-0.3, -0.25) is 14.4 Å². The summed E-state index contributed by atoms with van der Waals surface area (Å²) in [4.78, 5) is 38.1. The average Bonchev–Trinajstić information content (AvgIpc) is 3.34. The van der Waals surface area contributed by atoms with E-state index in [1.165, 1.54) is 193 Å². The van der Waals surface area contributed by atoms with E-state index in [9.17, 15) is 14.4 Å². The molecule has 396 valence electrons. The summed E-state index contributed by atoms with van der Waals surface area (Å²) in [5.41, 5.74) is 0. The van der Waals surface area contributed by atoms with Crippen LogP contribution >= 0.6 is 0 Å². The number of ether oxygens (including phenoxy) is 3. The average molecular weight is 954 g/mol. The maximum Gasteiger partial charge on any atom is 0.306 e. The molecule has 0 aromatic rings. The van der Waals surface area contributed by atoms with Crippen LogP contribution in [0.4, 0.5) is 0 Å². The van der Waals surface area contributed by atoms with E-state index in [4.69, 9.17) is 14.2 Å². The van der Waals surface area contributed by atoms with Crippen LogP contribution in [0, 0.1) is 0 Å². The van der Waals surface area contributed by atoms with Gasteiger partial charge in [0.15, 0.2) is 6.10 Å². The number of carbonyl (C=O) groups excluding carboxylic acids is 3. The Labute approximate surface area is 422 Å². The fraction of sp³-hybridized carbons (Fsp3) is 0.823. The highest BCUT2D eigenvalue weighted by Crippen LogP contribution is 2.16. The van der Waals surface area contributed by atoms with Gasteiger partial charge >= 0.3 is 17.9 Å². The molecule has 0 amide bonds. The largest absolute Gasteiger partial charge is 0.462 e. The summed E-state index contributed by atoms with van der Waals surface area (Å²) in [6.45, 7) is 6.58. The minimum Gasteiger partial charge on any atom is -0.462 e. The lowest BCUT2D eigenvalue weighted by molar-refractivity contribution is -0.167. The van der Waals surface area contributed by atoms with Crippen molar-refractivity contribution >= 4 is 17.9 Å². The van der Waals surface area contributed by atoms with Gasteiger partial charge in [-0.15, -0.1) is 0 Å². The van der Waals surface area contributed by atoms with Gasteiger partial charge in [-0.2, -0.15) is 0 Å². The van der Waals surface area contributed by atoms with Gasteiger partial charge in [0.2, 0.25) is 0 Å². The molecule has 1 atom stereocenters. The standard InChI is InChI=1S/C62H112O6/c1-4-7-10-13-16-19-22-24-26-28-30-31-33-34-36-38-40-43-46-49-52-55-61(64)67-58-59(57-66-60(63)54-51-48-45-42-21-18-15-12-9-6-3)68-62(65)56-53-50-47-44-41-39-37-35-32-29-27-25-23-20-17-14-11-8-5-2/h12,15,22,24-25,27-28,30,59H,4-11,13-14,16-21,23,26,29,31-58H2,1-3H3/b15-12-,24-22-,27-25-,30-28-. The first-order valence-electron chi connectivity index (χ1n) is 29.6. The van der Waals surface area contributed by atoms with Gasteiger partial charge in [-0.1, -0.05) is 243 Å². The SMILES string of the molecule is CCC/C=C\CCCCCCCC(=O)OCC(COC(=O)CCCCCCCCCCC/C=C\C/C=C\CCCCCCC)OC(=O)CCCCCCCCCCC/C=C\CCCCCCCC. The highest BCUT2D eigenvalue weighted by atomic mass is 16.6. The van der Waals surface area contributed by atoms with Crippen LogP contribution in [-0.2, 0) is 28.6 Å². The quantitative estimate of drug-likeness (QED) is 0.0262. The van der Waals surface area contributed by atoms with Crippen LogP contribution in [-0.4, -0.2) is 37.2 Å². The van der Waals surface area contributed by atoms with Crippen LogP contribution in [0.3, 0.4) is 0 Å². The van der Waals surface area contributed by atoms with Crippen molar-refractivity contribution in [2.75, 3.05) is 13.2 Å². The second kappa shape index (κ2) is 57.0. The molecule has 0 bridgehead atoms. The van der Waals surface area contributed by atoms with Crippen molar-refractivity contribution in [2.24, 2.45) is 0 Å². The van der Waals surface area contributed by atoms with Crippen LogP contribution in [0.2, 0.25) is 0 Å². The molecule has 0 saturated carbocycles. The van der Waals surface area contributed by atoms with E-state index in [0.29, 0.717) is 19.3 Å². The number of allylic oxidation sites excluding steroid dienone is 8. The Kier molecular flexibility index (Phi) is 54.8. The zero-order valence-corrected chi connectivity index (χ0v) is 45.4. The van der Waals surface area contributed by atoms with Gasteiger partial charge in [0, 0.05) is 19.3 Å². The first kappa shape index (κ1) is 65.4. The molecule has 68 heavy (non-hydrogen) atoms.